The summed E-state index contributed by atoms with van der Waals surface area (Å²) in [6, 6.07) is 7.84. The molecule has 2 rings (SSSR count). The summed E-state index contributed by atoms with van der Waals surface area (Å²) >= 11 is 0. The number of hydrogen-bond donors (Lipinski definition) is 2. The second-order valence-corrected chi connectivity index (χ2v) is 5.03. The number of carbonyl (C=O) groups is 1. The topological polar surface area (TPSA) is 50.4 Å². The highest BCUT2D eigenvalue weighted by molar-refractivity contribution is 5.92. The predicted molar refractivity (Wildman–Crippen MR) is 83.2 cm³/mol. The predicted octanol–water partition coefficient (Wildman–Crippen LogP) is 2.44. The second kappa shape index (κ2) is 8.25. The van der Waals surface area contributed by atoms with Gasteiger partial charge in [-0.05, 0) is 43.6 Å². The molecule has 1 amide bonds. The summed E-state index contributed by atoms with van der Waals surface area (Å²) in [7, 11) is 0. The molecule has 0 saturated carbocycles. The third-order valence-electron chi connectivity index (χ3n) is 3.60. The van der Waals surface area contributed by atoms with E-state index in [1.54, 1.807) is 0 Å². The molecule has 0 aromatic heterocycles. The molecule has 1 aromatic rings. The molecular weight excluding hydrogens is 276 g/mol. The molecule has 4 nitrogen and oxygen atoms in total. The van der Waals surface area contributed by atoms with Gasteiger partial charge in [-0.15, -0.1) is 12.4 Å². The second-order valence-electron chi connectivity index (χ2n) is 5.03. The molecule has 1 unspecified atom stereocenters. The first kappa shape index (κ1) is 17.0. The van der Waals surface area contributed by atoms with Crippen molar-refractivity contribution in [3.05, 3.63) is 29.8 Å². The lowest BCUT2D eigenvalue weighted by atomic mass is 9.88. The summed E-state index contributed by atoms with van der Waals surface area (Å²) in [5.74, 6) is 0.614. The Hall–Kier alpha value is -1.10. The Morgan fingerprint density at radius 2 is 2.25 bits per heavy atom. The SMILES string of the molecule is CCOCc1cccc(NC(=O)C(C)C2CNC2)c1.Cl. The minimum absolute atomic E-state index is 0. The molecular formula is C15H23ClN2O2. The van der Waals surface area contributed by atoms with Crippen LogP contribution in [0.4, 0.5) is 5.69 Å². The lowest BCUT2D eigenvalue weighted by molar-refractivity contribution is -0.121. The third-order valence-corrected chi connectivity index (χ3v) is 3.60. The van der Waals surface area contributed by atoms with Crippen molar-refractivity contribution in [2.45, 2.75) is 20.5 Å². The molecule has 1 atom stereocenters. The standard InChI is InChI=1S/C15H22N2O2.ClH/c1-3-19-10-12-5-4-6-14(7-12)17-15(18)11(2)13-8-16-9-13;/h4-7,11,13,16H,3,8-10H2,1-2H3,(H,17,18);1H. The van der Waals surface area contributed by atoms with Gasteiger partial charge in [0, 0.05) is 18.2 Å². The number of ether oxygens (including phenoxy) is 1. The van der Waals surface area contributed by atoms with Crippen LogP contribution in [0.25, 0.3) is 0 Å². The molecule has 1 aliphatic heterocycles. The average molecular weight is 299 g/mol. The fraction of sp³-hybridized carbons (Fsp3) is 0.533. The highest BCUT2D eigenvalue weighted by Crippen LogP contribution is 2.19. The summed E-state index contributed by atoms with van der Waals surface area (Å²) < 4.78 is 5.37. The van der Waals surface area contributed by atoms with E-state index < -0.39 is 0 Å². The maximum atomic E-state index is 12.1. The zero-order valence-electron chi connectivity index (χ0n) is 12.0. The number of carbonyl (C=O) groups excluding carboxylic acids is 1. The molecule has 20 heavy (non-hydrogen) atoms. The van der Waals surface area contributed by atoms with E-state index in [-0.39, 0.29) is 24.2 Å². The average Bonchev–Trinajstić information content (AvgIpc) is 2.34. The highest BCUT2D eigenvalue weighted by atomic mass is 35.5. The monoisotopic (exact) mass is 298 g/mol. The van der Waals surface area contributed by atoms with Crippen molar-refractivity contribution in [2.75, 3.05) is 25.0 Å². The van der Waals surface area contributed by atoms with E-state index in [0.29, 0.717) is 19.1 Å². The van der Waals surface area contributed by atoms with Crippen LogP contribution in [-0.4, -0.2) is 25.6 Å². The number of amides is 1. The minimum Gasteiger partial charge on any atom is -0.377 e. The van der Waals surface area contributed by atoms with Crippen LogP contribution in [0.5, 0.6) is 0 Å². The number of benzene rings is 1. The Balaban J connectivity index is 0.00000200. The molecule has 2 N–H and O–H groups in total. The Morgan fingerprint density at radius 3 is 2.85 bits per heavy atom. The molecule has 1 fully saturated rings. The van der Waals surface area contributed by atoms with Crippen LogP contribution in [0.1, 0.15) is 19.4 Å². The van der Waals surface area contributed by atoms with Crippen molar-refractivity contribution in [2.24, 2.45) is 11.8 Å². The first-order valence-corrected chi connectivity index (χ1v) is 6.89. The molecule has 1 aromatic carbocycles. The minimum atomic E-state index is 0. The van der Waals surface area contributed by atoms with Gasteiger partial charge in [0.2, 0.25) is 5.91 Å². The first-order valence-electron chi connectivity index (χ1n) is 6.89. The summed E-state index contributed by atoms with van der Waals surface area (Å²) in [5, 5.41) is 6.18. The molecule has 1 saturated heterocycles. The van der Waals surface area contributed by atoms with E-state index in [9.17, 15) is 4.79 Å². The lowest BCUT2D eigenvalue weighted by Gasteiger charge is -2.31. The molecule has 0 radical (unpaired) electrons. The van der Waals surface area contributed by atoms with E-state index in [1.165, 1.54) is 0 Å². The maximum Gasteiger partial charge on any atom is 0.227 e. The van der Waals surface area contributed by atoms with Gasteiger partial charge in [-0.3, -0.25) is 4.79 Å². The zero-order chi connectivity index (χ0) is 13.7. The molecule has 112 valence electrons. The van der Waals surface area contributed by atoms with E-state index >= 15 is 0 Å². The van der Waals surface area contributed by atoms with Gasteiger partial charge in [0.15, 0.2) is 0 Å². The lowest BCUT2D eigenvalue weighted by Crippen LogP contribution is -2.48. The van der Waals surface area contributed by atoms with E-state index in [2.05, 4.69) is 10.6 Å². The molecule has 0 bridgehead atoms. The summed E-state index contributed by atoms with van der Waals surface area (Å²) in [4.78, 5) is 12.1. The normalized spacial score (nSPS) is 15.9. The van der Waals surface area contributed by atoms with E-state index in [4.69, 9.17) is 4.74 Å². The van der Waals surface area contributed by atoms with E-state index in [0.717, 1.165) is 24.3 Å². The van der Waals surface area contributed by atoms with Gasteiger partial charge in [0.1, 0.15) is 0 Å². The van der Waals surface area contributed by atoms with Crippen molar-refractivity contribution in [3.63, 3.8) is 0 Å². The van der Waals surface area contributed by atoms with E-state index in [1.807, 2.05) is 38.1 Å². The fourth-order valence-corrected chi connectivity index (χ4v) is 2.09. The fourth-order valence-electron chi connectivity index (χ4n) is 2.09. The Kier molecular flexibility index (Phi) is 6.99. The Morgan fingerprint density at radius 1 is 1.50 bits per heavy atom. The van der Waals surface area contributed by atoms with Crippen LogP contribution >= 0.6 is 12.4 Å². The number of anilines is 1. The maximum absolute atomic E-state index is 12.1. The number of rotatable bonds is 6. The number of hydrogen-bond acceptors (Lipinski definition) is 3. The van der Waals surface area contributed by atoms with Crippen molar-refractivity contribution in [1.82, 2.24) is 5.32 Å². The van der Waals surface area contributed by atoms with Crippen molar-refractivity contribution in [1.29, 1.82) is 0 Å². The van der Waals surface area contributed by atoms with Gasteiger partial charge in [0.05, 0.1) is 6.61 Å². The van der Waals surface area contributed by atoms with Crippen LogP contribution in [-0.2, 0) is 16.1 Å². The van der Waals surface area contributed by atoms with Gasteiger partial charge < -0.3 is 15.4 Å². The quantitative estimate of drug-likeness (QED) is 0.848. The highest BCUT2D eigenvalue weighted by Gasteiger charge is 2.28. The van der Waals surface area contributed by atoms with Gasteiger partial charge in [0.25, 0.3) is 0 Å². The van der Waals surface area contributed by atoms with Crippen LogP contribution in [0, 0.1) is 11.8 Å². The van der Waals surface area contributed by atoms with Crippen LogP contribution in [0.3, 0.4) is 0 Å². The van der Waals surface area contributed by atoms with Crippen LogP contribution in [0.15, 0.2) is 24.3 Å². The molecule has 5 heteroatoms. The summed E-state index contributed by atoms with van der Waals surface area (Å²) in [5.41, 5.74) is 1.93. The number of halogens is 1. The summed E-state index contributed by atoms with van der Waals surface area (Å²) in [6.07, 6.45) is 0. The largest absolute Gasteiger partial charge is 0.377 e. The Bertz CT molecular complexity index is 436. The molecule has 1 aliphatic rings. The third kappa shape index (κ3) is 4.47. The van der Waals surface area contributed by atoms with Gasteiger partial charge in [-0.2, -0.15) is 0 Å². The van der Waals surface area contributed by atoms with Crippen LogP contribution in [0.2, 0.25) is 0 Å². The van der Waals surface area contributed by atoms with Crippen molar-refractivity contribution in [3.8, 4) is 0 Å². The van der Waals surface area contributed by atoms with Crippen molar-refractivity contribution >= 4 is 24.0 Å². The summed E-state index contributed by atoms with van der Waals surface area (Å²) in [6.45, 7) is 7.13. The van der Waals surface area contributed by atoms with Crippen LogP contribution < -0.4 is 10.6 Å². The molecule has 1 heterocycles. The van der Waals surface area contributed by atoms with Gasteiger partial charge >= 0.3 is 0 Å². The van der Waals surface area contributed by atoms with Gasteiger partial charge in [-0.25, -0.2) is 0 Å². The first-order chi connectivity index (χ1) is 9.20. The van der Waals surface area contributed by atoms with Crippen molar-refractivity contribution < 1.29 is 9.53 Å². The van der Waals surface area contributed by atoms with Gasteiger partial charge in [-0.1, -0.05) is 19.1 Å². The Labute approximate surface area is 126 Å². The smallest absolute Gasteiger partial charge is 0.227 e. The molecule has 0 spiro atoms. The number of nitrogens with one attached hydrogen (secondary N) is 2. The molecule has 0 aliphatic carbocycles. The zero-order valence-corrected chi connectivity index (χ0v) is 12.8.